The van der Waals surface area contributed by atoms with Crippen molar-refractivity contribution in [3.63, 3.8) is 0 Å². The molecule has 0 aliphatic carbocycles. The van der Waals surface area contributed by atoms with Crippen molar-refractivity contribution in [1.82, 2.24) is 0 Å². The first-order chi connectivity index (χ1) is 11.8. The predicted octanol–water partition coefficient (Wildman–Crippen LogP) is 3.10. The molecule has 0 saturated carbocycles. The van der Waals surface area contributed by atoms with Crippen molar-refractivity contribution in [2.45, 2.75) is 20.3 Å². The number of carbonyl (C=O) groups is 1. The lowest BCUT2D eigenvalue weighted by molar-refractivity contribution is 0.102. The number of nitrogen functional groups attached to an aromatic ring is 1. The summed E-state index contributed by atoms with van der Waals surface area (Å²) >= 11 is 0. The normalized spacial score (nSPS) is 15.4. The van der Waals surface area contributed by atoms with Crippen LogP contribution in [-0.2, 0) is 10.0 Å². The van der Waals surface area contributed by atoms with Crippen LogP contribution >= 0.6 is 12.4 Å². The molecule has 1 aliphatic heterocycles. The van der Waals surface area contributed by atoms with Crippen molar-refractivity contribution in [3.8, 4) is 0 Å². The van der Waals surface area contributed by atoms with Gasteiger partial charge in [0, 0.05) is 23.5 Å². The molecule has 0 aromatic heterocycles. The fourth-order valence-electron chi connectivity index (χ4n) is 2.95. The van der Waals surface area contributed by atoms with Gasteiger partial charge in [-0.25, -0.2) is 8.42 Å². The van der Waals surface area contributed by atoms with Gasteiger partial charge < -0.3 is 11.1 Å². The average molecular weight is 396 g/mol. The van der Waals surface area contributed by atoms with E-state index in [2.05, 4.69) is 5.32 Å². The quantitative estimate of drug-likeness (QED) is 0.781. The van der Waals surface area contributed by atoms with Gasteiger partial charge in [-0.15, -0.1) is 12.4 Å². The summed E-state index contributed by atoms with van der Waals surface area (Å²) in [5, 5.41) is 2.86. The van der Waals surface area contributed by atoms with Gasteiger partial charge in [0.2, 0.25) is 10.0 Å². The van der Waals surface area contributed by atoms with E-state index in [4.69, 9.17) is 5.73 Å². The number of nitrogens with one attached hydrogen (secondary N) is 1. The lowest BCUT2D eigenvalue weighted by atomic mass is 10.1. The third kappa shape index (κ3) is 3.94. The van der Waals surface area contributed by atoms with Crippen LogP contribution in [0.25, 0.3) is 0 Å². The number of rotatable bonds is 3. The number of anilines is 3. The standard InChI is InChI=1S/C18H21N3O3S.ClH/c1-12-4-5-14(19)11-17(12)20-18(22)16-7-6-15(10-13(16)2)21-8-3-9-25(21,23)24;/h4-7,10-11H,3,8-9,19H2,1-2H3,(H,20,22);1H. The van der Waals surface area contributed by atoms with Crippen molar-refractivity contribution in [2.75, 3.05) is 27.7 Å². The first-order valence-corrected chi connectivity index (χ1v) is 9.67. The third-order valence-electron chi connectivity index (χ3n) is 4.35. The molecule has 3 rings (SSSR count). The molecule has 2 aromatic carbocycles. The maximum atomic E-state index is 12.6. The van der Waals surface area contributed by atoms with Crippen molar-refractivity contribution >= 4 is 45.4 Å². The molecule has 6 nitrogen and oxygen atoms in total. The van der Waals surface area contributed by atoms with Gasteiger partial charge in [-0.2, -0.15) is 0 Å². The highest BCUT2D eigenvalue weighted by Crippen LogP contribution is 2.27. The second-order valence-electron chi connectivity index (χ2n) is 6.27. The molecule has 1 saturated heterocycles. The van der Waals surface area contributed by atoms with E-state index in [0.29, 0.717) is 35.6 Å². The summed E-state index contributed by atoms with van der Waals surface area (Å²) in [4.78, 5) is 12.6. The van der Waals surface area contributed by atoms with Crippen LogP contribution in [0.1, 0.15) is 27.9 Å². The van der Waals surface area contributed by atoms with E-state index in [1.54, 1.807) is 37.3 Å². The van der Waals surface area contributed by atoms with E-state index in [9.17, 15) is 13.2 Å². The number of halogens is 1. The van der Waals surface area contributed by atoms with Crippen LogP contribution in [0.4, 0.5) is 17.1 Å². The van der Waals surface area contributed by atoms with Crippen molar-refractivity contribution in [2.24, 2.45) is 0 Å². The molecule has 140 valence electrons. The van der Waals surface area contributed by atoms with Crippen LogP contribution in [-0.4, -0.2) is 26.6 Å². The summed E-state index contributed by atoms with van der Waals surface area (Å²) in [7, 11) is -3.23. The Hall–Kier alpha value is -2.25. The molecule has 0 spiro atoms. The molecule has 8 heteroatoms. The van der Waals surface area contributed by atoms with E-state index in [1.807, 2.05) is 13.0 Å². The molecule has 26 heavy (non-hydrogen) atoms. The first kappa shape index (κ1) is 20.1. The largest absolute Gasteiger partial charge is 0.399 e. The second kappa shape index (κ2) is 7.55. The zero-order valence-electron chi connectivity index (χ0n) is 14.7. The van der Waals surface area contributed by atoms with E-state index in [1.165, 1.54) is 4.31 Å². The predicted molar refractivity (Wildman–Crippen MR) is 108 cm³/mol. The van der Waals surface area contributed by atoms with Crippen molar-refractivity contribution < 1.29 is 13.2 Å². The number of sulfonamides is 1. The zero-order valence-corrected chi connectivity index (χ0v) is 16.3. The highest BCUT2D eigenvalue weighted by molar-refractivity contribution is 7.93. The number of hydrogen-bond acceptors (Lipinski definition) is 4. The van der Waals surface area contributed by atoms with Crippen LogP contribution in [0.2, 0.25) is 0 Å². The molecule has 0 bridgehead atoms. The smallest absolute Gasteiger partial charge is 0.255 e. The maximum absolute atomic E-state index is 12.6. The molecule has 2 aromatic rings. The molecule has 1 fully saturated rings. The molecule has 1 aliphatic rings. The monoisotopic (exact) mass is 395 g/mol. The van der Waals surface area contributed by atoms with Gasteiger partial charge in [0.25, 0.3) is 5.91 Å². The Morgan fingerprint density at radius 2 is 1.85 bits per heavy atom. The Bertz CT molecular complexity index is 945. The van der Waals surface area contributed by atoms with Gasteiger partial charge in [-0.05, 0) is 61.7 Å². The fraction of sp³-hybridized carbons (Fsp3) is 0.278. The van der Waals surface area contributed by atoms with Gasteiger partial charge in [-0.3, -0.25) is 9.10 Å². The van der Waals surface area contributed by atoms with Crippen LogP contribution in [0.15, 0.2) is 36.4 Å². The van der Waals surface area contributed by atoms with E-state index < -0.39 is 10.0 Å². The Kier molecular flexibility index (Phi) is 5.83. The lowest BCUT2D eigenvalue weighted by Gasteiger charge is -2.18. The van der Waals surface area contributed by atoms with Gasteiger partial charge in [0.1, 0.15) is 0 Å². The van der Waals surface area contributed by atoms with Gasteiger partial charge in [-0.1, -0.05) is 6.07 Å². The minimum atomic E-state index is -3.23. The molecule has 1 heterocycles. The topological polar surface area (TPSA) is 92.5 Å². The van der Waals surface area contributed by atoms with Gasteiger partial charge in [0.05, 0.1) is 11.4 Å². The van der Waals surface area contributed by atoms with Gasteiger partial charge >= 0.3 is 0 Å². The van der Waals surface area contributed by atoms with Crippen molar-refractivity contribution in [3.05, 3.63) is 53.1 Å². The summed E-state index contributed by atoms with van der Waals surface area (Å²) < 4.78 is 25.5. The number of nitrogens with zero attached hydrogens (tertiary/aromatic N) is 1. The molecule has 0 radical (unpaired) electrons. The summed E-state index contributed by atoms with van der Waals surface area (Å²) in [6.07, 6.45) is 0.623. The molecule has 1 amide bonds. The zero-order chi connectivity index (χ0) is 18.2. The van der Waals surface area contributed by atoms with Gasteiger partial charge in [0.15, 0.2) is 0 Å². The summed E-state index contributed by atoms with van der Waals surface area (Å²) in [5.74, 6) is -0.0785. The Balaban J connectivity index is 0.00000243. The number of nitrogens with two attached hydrogens (primary N) is 1. The second-order valence-corrected chi connectivity index (χ2v) is 8.28. The Morgan fingerprint density at radius 1 is 1.12 bits per heavy atom. The average Bonchev–Trinajstić information content (AvgIpc) is 2.90. The molecule has 3 N–H and O–H groups in total. The van der Waals surface area contributed by atoms with Crippen LogP contribution in [0, 0.1) is 13.8 Å². The number of aryl methyl sites for hydroxylation is 2. The first-order valence-electron chi connectivity index (χ1n) is 8.06. The molecular formula is C18H22ClN3O3S. The SMILES string of the molecule is Cc1ccc(N)cc1NC(=O)c1ccc(N2CCCS2(=O)=O)cc1C.Cl. The molecular weight excluding hydrogens is 374 g/mol. The maximum Gasteiger partial charge on any atom is 0.255 e. The molecule has 0 atom stereocenters. The Labute approximate surface area is 159 Å². The minimum Gasteiger partial charge on any atom is -0.399 e. The minimum absolute atomic E-state index is 0. The van der Waals surface area contributed by atoms with E-state index >= 15 is 0 Å². The highest BCUT2D eigenvalue weighted by Gasteiger charge is 2.28. The van der Waals surface area contributed by atoms with E-state index in [0.717, 1.165) is 11.1 Å². The van der Waals surface area contributed by atoms with Crippen molar-refractivity contribution in [1.29, 1.82) is 0 Å². The molecule has 0 unspecified atom stereocenters. The lowest BCUT2D eigenvalue weighted by Crippen LogP contribution is -2.25. The number of amides is 1. The third-order valence-corrected chi connectivity index (χ3v) is 6.22. The van der Waals surface area contributed by atoms with Crippen LogP contribution in [0.3, 0.4) is 0 Å². The van der Waals surface area contributed by atoms with Crippen LogP contribution in [0.5, 0.6) is 0 Å². The summed E-state index contributed by atoms with van der Waals surface area (Å²) in [5.41, 5.74) is 9.75. The number of benzene rings is 2. The van der Waals surface area contributed by atoms with Crippen LogP contribution < -0.4 is 15.4 Å². The summed E-state index contributed by atoms with van der Waals surface area (Å²) in [6, 6.07) is 10.4. The van der Waals surface area contributed by atoms with E-state index in [-0.39, 0.29) is 24.1 Å². The fourth-order valence-corrected chi connectivity index (χ4v) is 4.51. The summed E-state index contributed by atoms with van der Waals surface area (Å²) in [6.45, 7) is 4.17. The highest BCUT2D eigenvalue weighted by atomic mass is 35.5. The number of hydrogen-bond donors (Lipinski definition) is 2. The Morgan fingerprint density at radius 3 is 2.46 bits per heavy atom. The number of carbonyl (C=O) groups excluding carboxylic acids is 1.